The van der Waals surface area contributed by atoms with Gasteiger partial charge in [0.15, 0.2) is 15.6 Å². The average Bonchev–Trinajstić information content (AvgIpc) is 2.30. The second-order valence-electron chi connectivity index (χ2n) is 4.58. The van der Waals surface area contributed by atoms with Crippen LogP contribution in [0.1, 0.15) is 31.1 Å². The lowest BCUT2D eigenvalue weighted by Gasteiger charge is -2.12. The van der Waals surface area contributed by atoms with E-state index < -0.39 is 15.1 Å². The molecule has 6 heteroatoms. The Bertz CT molecular complexity index is 564. The molecule has 106 valence electrons. The molecular formula is C13H19NO4S. The Hall–Kier alpha value is -1.56. The van der Waals surface area contributed by atoms with Crippen LogP contribution in [0.4, 0.5) is 5.69 Å². The summed E-state index contributed by atoms with van der Waals surface area (Å²) in [7, 11) is -3.14. The Morgan fingerprint density at radius 2 is 2.00 bits per heavy atom. The molecule has 1 rings (SSSR count). The van der Waals surface area contributed by atoms with E-state index >= 15 is 0 Å². The second kappa shape index (κ2) is 6.06. The second-order valence-corrected chi connectivity index (χ2v) is 7.25. The highest BCUT2D eigenvalue weighted by atomic mass is 32.2. The Labute approximate surface area is 113 Å². The zero-order valence-corrected chi connectivity index (χ0v) is 12.2. The number of nitrogen functional groups attached to an aromatic ring is 1. The van der Waals surface area contributed by atoms with Gasteiger partial charge in [-0.1, -0.05) is 0 Å². The van der Waals surface area contributed by atoms with E-state index in [4.69, 9.17) is 10.5 Å². The first-order valence-electron chi connectivity index (χ1n) is 5.99. The van der Waals surface area contributed by atoms with Gasteiger partial charge in [0.05, 0.1) is 16.6 Å². The molecule has 2 N–H and O–H groups in total. The maximum absolute atomic E-state index is 11.6. The minimum Gasteiger partial charge on any atom is -0.492 e. The van der Waals surface area contributed by atoms with Crippen molar-refractivity contribution < 1.29 is 17.9 Å². The van der Waals surface area contributed by atoms with Crippen molar-refractivity contribution in [2.45, 2.75) is 26.0 Å². The number of hydrogen-bond donors (Lipinski definition) is 1. The molecule has 0 aliphatic carbocycles. The standard InChI is InChI=1S/C13H19NO4S/c1-9(2)19(16,17)7-6-18-13-5-4-11(14)8-12(13)10(3)15/h4-5,8-9H,6-7,14H2,1-3H3. The van der Waals surface area contributed by atoms with Gasteiger partial charge in [0, 0.05) is 5.69 Å². The van der Waals surface area contributed by atoms with Crippen LogP contribution in [0.2, 0.25) is 0 Å². The van der Waals surface area contributed by atoms with Gasteiger partial charge in [-0.3, -0.25) is 4.79 Å². The molecule has 0 spiro atoms. The summed E-state index contributed by atoms with van der Waals surface area (Å²) in [6, 6.07) is 4.71. The van der Waals surface area contributed by atoms with Crippen LogP contribution in [0, 0.1) is 0 Å². The smallest absolute Gasteiger partial charge is 0.163 e. The van der Waals surface area contributed by atoms with Gasteiger partial charge < -0.3 is 10.5 Å². The fourth-order valence-electron chi connectivity index (χ4n) is 1.45. The van der Waals surface area contributed by atoms with Crippen molar-refractivity contribution in [1.29, 1.82) is 0 Å². The Kier molecular flexibility index (Phi) is 4.94. The van der Waals surface area contributed by atoms with Gasteiger partial charge in [-0.2, -0.15) is 0 Å². The highest BCUT2D eigenvalue weighted by Crippen LogP contribution is 2.22. The van der Waals surface area contributed by atoms with Gasteiger partial charge in [0.25, 0.3) is 0 Å². The molecule has 0 aliphatic rings. The zero-order chi connectivity index (χ0) is 14.6. The summed E-state index contributed by atoms with van der Waals surface area (Å²) in [5, 5.41) is -0.435. The van der Waals surface area contributed by atoms with Gasteiger partial charge in [0.1, 0.15) is 12.4 Å². The van der Waals surface area contributed by atoms with Gasteiger partial charge in [-0.15, -0.1) is 0 Å². The number of benzene rings is 1. The maximum Gasteiger partial charge on any atom is 0.163 e. The lowest BCUT2D eigenvalue weighted by Crippen LogP contribution is -2.22. The van der Waals surface area contributed by atoms with E-state index in [2.05, 4.69) is 0 Å². The van der Waals surface area contributed by atoms with E-state index in [1.807, 2.05) is 0 Å². The molecule has 0 bridgehead atoms. The van der Waals surface area contributed by atoms with Crippen LogP contribution in [-0.2, 0) is 9.84 Å². The number of Topliss-reactive ketones (excluding diaryl/α,β-unsaturated/α-hetero) is 1. The van der Waals surface area contributed by atoms with Gasteiger partial charge in [0.2, 0.25) is 0 Å². The predicted octanol–water partition coefficient (Wildman–Crippen LogP) is 1.67. The van der Waals surface area contributed by atoms with Crippen molar-refractivity contribution in [3.05, 3.63) is 23.8 Å². The fourth-order valence-corrected chi connectivity index (χ4v) is 2.24. The Balaban J connectivity index is 2.77. The molecule has 0 aliphatic heterocycles. The maximum atomic E-state index is 11.6. The van der Waals surface area contributed by atoms with Crippen molar-refractivity contribution in [2.75, 3.05) is 18.1 Å². The largest absolute Gasteiger partial charge is 0.492 e. The molecule has 0 saturated heterocycles. The van der Waals surface area contributed by atoms with E-state index in [-0.39, 0.29) is 18.1 Å². The highest BCUT2D eigenvalue weighted by molar-refractivity contribution is 7.91. The summed E-state index contributed by atoms with van der Waals surface area (Å²) >= 11 is 0. The average molecular weight is 285 g/mol. The minimum atomic E-state index is -3.14. The molecule has 0 saturated carbocycles. The quantitative estimate of drug-likeness (QED) is 0.634. The predicted molar refractivity (Wildman–Crippen MR) is 75.3 cm³/mol. The summed E-state index contributed by atoms with van der Waals surface area (Å²) in [6.45, 7) is 4.68. The topological polar surface area (TPSA) is 86.5 Å². The van der Waals surface area contributed by atoms with Crippen LogP contribution < -0.4 is 10.5 Å². The molecule has 0 amide bonds. The van der Waals surface area contributed by atoms with Crippen molar-refractivity contribution in [3.63, 3.8) is 0 Å². The van der Waals surface area contributed by atoms with E-state index in [0.717, 1.165) is 0 Å². The number of rotatable bonds is 6. The third kappa shape index (κ3) is 4.24. The van der Waals surface area contributed by atoms with Crippen molar-refractivity contribution >= 4 is 21.3 Å². The number of hydrogen-bond acceptors (Lipinski definition) is 5. The van der Waals surface area contributed by atoms with E-state index in [1.54, 1.807) is 26.0 Å². The number of carbonyl (C=O) groups is 1. The molecule has 0 heterocycles. The molecule has 1 aromatic rings. The molecule has 0 aromatic heterocycles. The number of anilines is 1. The summed E-state index contributed by atoms with van der Waals surface area (Å²) in [4.78, 5) is 11.4. The summed E-state index contributed by atoms with van der Waals surface area (Å²) in [6.07, 6.45) is 0. The van der Waals surface area contributed by atoms with Crippen LogP contribution in [-0.4, -0.2) is 31.8 Å². The minimum absolute atomic E-state index is 0.0186. The Morgan fingerprint density at radius 3 is 2.53 bits per heavy atom. The van der Waals surface area contributed by atoms with Crippen molar-refractivity contribution in [1.82, 2.24) is 0 Å². The summed E-state index contributed by atoms with van der Waals surface area (Å²) in [5.74, 6) is 0.113. The zero-order valence-electron chi connectivity index (χ0n) is 11.3. The van der Waals surface area contributed by atoms with E-state index in [9.17, 15) is 13.2 Å². The first-order valence-corrected chi connectivity index (χ1v) is 7.70. The summed E-state index contributed by atoms with van der Waals surface area (Å²) in [5.41, 5.74) is 6.43. The van der Waals surface area contributed by atoms with Crippen LogP contribution in [0.5, 0.6) is 5.75 Å². The molecule has 0 atom stereocenters. The molecule has 0 fully saturated rings. The molecule has 1 aromatic carbocycles. The SMILES string of the molecule is CC(=O)c1cc(N)ccc1OCCS(=O)(=O)C(C)C. The molecule has 0 radical (unpaired) electrons. The van der Waals surface area contributed by atoms with Gasteiger partial charge in [-0.05, 0) is 39.0 Å². The lowest BCUT2D eigenvalue weighted by atomic mass is 10.1. The summed E-state index contributed by atoms with van der Waals surface area (Å²) < 4.78 is 28.6. The highest BCUT2D eigenvalue weighted by Gasteiger charge is 2.16. The number of carbonyl (C=O) groups excluding carboxylic acids is 1. The van der Waals surface area contributed by atoms with E-state index in [0.29, 0.717) is 17.0 Å². The number of sulfone groups is 1. The van der Waals surface area contributed by atoms with Crippen LogP contribution >= 0.6 is 0 Å². The third-order valence-corrected chi connectivity index (χ3v) is 4.90. The Morgan fingerprint density at radius 1 is 1.37 bits per heavy atom. The van der Waals surface area contributed by atoms with Crippen molar-refractivity contribution in [2.24, 2.45) is 0 Å². The monoisotopic (exact) mass is 285 g/mol. The van der Waals surface area contributed by atoms with Crippen LogP contribution in [0.15, 0.2) is 18.2 Å². The van der Waals surface area contributed by atoms with Crippen molar-refractivity contribution in [3.8, 4) is 5.75 Å². The lowest BCUT2D eigenvalue weighted by molar-refractivity contribution is 0.101. The molecule has 5 nitrogen and oxygen atoms in total. The third-order valence-electron chi connectivity index (χ3n) is 2.73. The molecule has 0 unspecified atom stereocenters. The van der Waals surface area contributed by atoms with E-state index in [1.165, 1.54) is 13.0 Å². The fraction of sp³-hybridized carbons (Fsp3) is 0.462. The van der Waals surface area contributed by atoms with Gasteiger partial charge >= 0.3 is 0 Å². The van der Waals surface area contributed by atoms with Gasteiger partial charge in [-0.25, -0.2) is 8.42 Å². The number of ether oxygens (including phenoxy) is 1. The first kappa shape index (κ1) is 15.5. The normalized spacial score (nSPS) is 11.6. The molecule has 19 heavy (non-hydrogen) atoms. The number of nitrogens with two attached hydrogens (primary N) is 1. The first-order chi connectivity index (χ1) is 8.74. The van der Waals surface area contributed by atoms with Crippen LogP contribution in [0.25, 0.3) is 0 Å². The molecular weight excluding hydrogens is 266 g/mol. The number of ketones is 1. The van der Waals surface area contributed by atoms with Crippen LogP contribution in [0.3, 0.4) is 0 Å².